The van der Waals surface area contributed by atoms with Gasteiger partial charge in [-0.3, -0.25) is 0 Å². The van der Waals surface area contributed by atoms with Crippen LogP contribution in [0, 0.1) is 5.92 Å². The number of hydrogen-bond donors (Lipinski definition) is 1. The molecule has 2 heterocycles. The van der Waals surface area contributed by atoms with Crippen molar-refractivity contribution in [3.05, 3.63) is 41.0 Å². The second kappa shape index (κ2) is 7.47. The number of halogens is 1. The fraction of sp³-hybridized carbons (Fsp3) is 0.312. The standard InChI is InChI=1S/C16H17ClN4S2/c1-10(2)8-18-15-20-21-16(23-15)22-9-12-7-11-5-3-4-6-13(11)19-14(12)17/h3-7,10H,8-9H2,1-2H3,(H,18,20). The lowest BCUT2D eigenvalue weighted by atomic mass is 10.2. The molecule has 3 aromatic rings. The Balaban J connectivity index is 1.67. The molecule has 0 spiro atoms. The van der Waals surface area contributed by atoms with Crippen LogP contribution in [0.1, 0.15) is 19.4 Å². The van der Waals surface area contributed by atoms with E-state index in [4.69, 9.17) is 11.6 Å². The molecular formula is C16H17ClN4S2. The molecule has 7 heteroatoms. The van der Waals surface area contributed by atoms with E-state index in [9.17, 15) is 0 Å². The van der Waals surface area contributed by atoms with Gasteiger partial charge in [0.2, 0.25) is 5.13 Å². The number of aromatic nitrogens is 3. The molecule has 1 N–H and O–H groups in total. The van der Waals surface area contributed by atoms with Crippen LogP contribution in [0.2, 0.25) is 5.15 Å². The zero-order valence-electron chi connectivity index (χ0n) is 12.9. The van der Waals surface area contributed by atoms with Crippen molar-refractivity contribution in [2.45, 2.75) is 23.9 Å². The molecule has 23 heavy (non-hydrogen) atoms. The summed E-state index contributed by atoms with van der Waals surface area (Å²) in [6.07, 6.45) is 0. The average molecular weight is 365 g/mol. The SMILES string of the molecule is CC(C)CNc1nnc(SCc2cc3ccccc3nc2Cl)s1. The Hall–Kier alpha value is -1.37. The number of nitrogens with one attached hydrogen (secondary N) is 1. The van der Waals surface area contributed by atoms with Crippen LogP contribution in [0.4, 0.5) is 5.13 Å². The lowest BCUT2D eigenvalue weighted by molar-refractivity contribution is 0.687. The van der Waals surface area contributed by atoms with Crippen LogP contribution in [0.3, 0.4) is 0 Å². The zero-order chi connectivity index (χ0) is 16.2. The smallest absolute Gasteiger partial charge is 0.206 e. The molecule has 0 unspecified atom stereocenters. The number of anilines is 1. The summed E-state index contributed by atoms with van der Waals surface area (Å²) >= 11 is 9.49. The van der Waals surface area contributed by atoms with Crippen LogP contribution < -0.4 is 5.32 Å². The topological polar surface area (TPSA) is 50.7 Å². The third-order valence-corrected chi connectivity index (χ3v) is 5.56. The second-order valence-corrected chi connectivity index (χ2v) is 8.13. The molecule has 0 aliphatic carbocycles. The molecule has 0 saturated heterocycles. The maximum absolute atomic E-state index is 6.29. The Bertz CT molecular complexity index is 804. The van der Waals surface area contributed by atoms with Gasteiger partial charge < -0.3 is 5.32 Å². The van der Waals surface area contributed by atoms with Crippen molar-refractivity contribution >= 4 is 50.7 Å². The largest absolute Gasteiger partial charge is 0.360 e. The Morgan fingerprint density at radius 2 is 2.09 bits per heavy atom. The molecular weight excluding hydrogens is 348 g/mol. The number of thioether (sulfide) groups is 1. The fourth-order valence-electron chi connectivity index (χ4n) is 2.01. The lowest BCUT2D eigenvalue weighted by Gasteiger charge is -2.05. The number of hydrogen-bond acceptors (Lipinski definition) is 6. The summed E-state index contributed by atoms with van der Waals surface area (Å²) in [4.78, 5) is 4.45. The summed E-state index contributed by atoms with van der Waals surface area (Å²) in [6, 6.07) is 10.1. The second-order valence-electron chi connectivity index (χ2n) is 5.57. The van der Waals surface area contributed by atoms with Gasteiger partial charge >= 0.3 is 0 Å². The van der Waals surface area contributed by atoms with E-state index in [2.05, 4.69) is 40.4 Å². The summed E-state index contributed by atoms with van der Waals surface area (Å²) in [7, 11) is 0. The number of benzene rings is 1. The number of fused-ring (bicyclic) bond motifs is 1. The van der Waals surface area contributed by atoms with E-state index in [-0.39, 0.29) is 0 Å². The highest BCUT2D eigenvalue weighted by Gasteiger charge is 2.09. The maximum atomic E-state index is 6.29. The van der Waals surface area contributed by atoms with E-state index in [1.54, 1.807) is 23.1 Å². The normalized spacial score (nSPS) is 11.3. The number of para-hydroxylation sites is 1. The van der Waals surface area contributed by atoms with Crippen LogP contribution >= 0.6 is 34.7 Å². The van der Waals surface area contributed by atoms with Crippen LogP contribution in [0.5, 0.6) is 0 Å². The Morgan fingerprint density at radius 1 is 1.26 bits per heavy atom. The van der Waals surface area contributed by atoms with Gasteiger partial charge in [-0.25, -0.2) is 4.98 Å². The summed E-state index contributed by atoms with van der Waals surface area (Å²) in [6.45, 7) is 5.23. The van der Waals surface area contributed by atoms with Crippen molar-refractivity contribution in [2.75, 3.05) is 11.9 Å². The minimum absolute atomic E-state index is 0.555. The minimum Gasteiger partial charge on any atom is -0.360 e. The molecule has 120 valence electrons. The van der Waals surface area contributed by atoms with Crippen molar-refractivity contribution in [3.63, 3.8) is 0 Å². The number of rotatable bonds is 6. The average Bonchev–Trinajstić information content (AvgIpc) is 2.99. The fourth-order valence-corrected chi connectivity index (χ4v) is 4.03. The first-order valence-electron chi connectivity index (χ1n) is 7.36. The molecule has 2 aromatic heterocycles. The van der Waals surface area contributed by atoms with E-state index < -0.39 is 0 Å². The molecule has 0 fully saturated rings. The van der Waals surface area contributed by atoms with E-state index in [0.29, 0.717) is 11.1 Å². The highest BCUT2D eigenvalue weighted by atomic mass is 35.5. The van der Waals surface area contributed by atoms with Crippen molar-refractivity contribution < 1.29 is 0 Å². The molecule has 0 aliphatic rings. The van der Waals surface area contributed by atoms with Crippen LogP contribution in [-0.2, 0) is 5.75 Å². The molecule has 4 nitrogen and oxygen atoms in total. The van der Waals surface area contributed by atoms with E-state index >= 15 is 0 Å². The predicted molar refractivity (Wildman–Crippen MR) is 99.6 cm³/mol. The molecule has 3 rings (SSSR count). The molecule has 1 aromatic carbocycles. The van der Waals surface area contributed by atoms with Crippen LogP contribution in [0.15, 0.2) is 34.7 Å². The summed E-state index contributed by atoms with van der Waals surface area (Å²) < 4.78 is 0.931. The molecule has 0 amide bonds. The van der Waals surface area contributed by atoms with Crippen LogP contribution in [-0.4, -0.2) is 21.7 Å². The first-order chi connectivity index (χ1) is 11.1. The third-order valence-electron chi connectivity index (χ3n) is 3.17. The van der Waals surface area contributed by atoms with Crippen LogP contribution in [0.25, 0.3) is 10.9 Å². The quantitative estimate of drug-likeness (QED) is 0.487. The highest BCUT2D eigenvalue weighted by Crippen LogP contribution is 2.31. The maximum Gasteiger partial charge on any atom is 0.206 e. The third kappa shape index (κ3) is 4.34. The van der Waals surface area contributed by atoms with Gasteiger partial charge in [0.1, 0.15) is 5.15 Å². The summed E-state index contributed by atoms with van der Waals surface area (Å²) in [5.41, 5.74) is 1.93. The van der Waals surface area contributed by atoms with Gasteiger partial charge in [0.25, 0.3) is 0 Å². The molecule has 0 aliphatic heterocycles. The number of nitrogens with zero attached hydrogens (tertiary/aromatic N) is 3. The van der Waals surface area contributed by atoms with E-state index in [1.807, 2.05) is 24.3 Å². The van der Waals surface area contributed by atoms with Gasteiger partial charge in [-0.1, -0.05) is 66.7 Å². The Morgan fingerprint density at radius 3 is 2.91 bits per heavy atom. The van der Waals surface area contributed by atoms with Gasteiger partial charge in [-0.2, -0.15) is 0 Å². The number of pyridine rings is 1. The lowest BCUT2D eigenvalue weighted by Crippen LogP contribution is -2.07. The van der Waals surface area contributed by atoms with Crippen molar-refractivity contribution in [1.29, 1.82) is 0 Å². The summed E-state index contributed by atoms with van der Waals surface area (Å²) in [5.74, 6) is 1.31. The first kappa shape index (κ1) is 16.5. The van der Waals surface area contributed by atoms with Gasteiger partial charge in [0, 0.05) is 23.2 Å². The molecule has 0 bridgehead atoms. The Labute approximate surface area is 148 Å². The van der Waals surface area contributed by atoms with E-state index in [0.717, 1.165) is 38.2 Å². The van der Waals surface area contributed by atoms with Gasteiger partial charge in [0.15, 0.2) is 4.34 Å². The highest BCUT2D eigenvalue weighted by molar-refractivity contribution is 8.00. The monoisotopic (exact) mass is 364 g/mol. The van der Waals surface area contributed by atoms with Crippen molar-refractivity contribution in [1.82, 2.24) is 15.2 Å². The predicted octanol–water partition coefficient (Wildman–Crippen LogP) is 5.10. The van der Waals surface area contributed by atoms with E-state index in [1.165, 1.54) is 0 Å². The molecule has 0 radical (unpaired) electrons. The zero-order valence-corrected chi connectivity index (χ0v) is 15.3. The first-order valence-corrected chi connectivity index (χ1v) is 9.54. The van der Waals surface area contributed by atoms with Gasteiger partial charge in [-0.05, 0) is 18.1 Å². The molecule has 0 saturated carbocycles. The van der Waals surface area contributed by atoms with Gasteiger partial charge in [0.05, 0.1) is 5.52 Å². The Kier molecular flexibility index (Phi) is 5.35. The van der Waals surface area contributed by atoms with Gasteiger partial charge in [-0.15, -0.1) is 10.2 Å². The molecule has 0 atom stereocenters. The van der Waals surface area contributed by atoms with Crippen molar-refractivity contribution in [2.24, 2.45) is 5.92 Å². The summed E-state index contributed by atoms with van der Waals surface area (Å²) in [5, 5.41) is 14.2. The van der Waals surface area contributed by atoms with Crippen molar-refractivity contribution in [3.8, 4) is 0 Å². The minimum atomic E-state index is 0.555.